The third-order valence-corrected chi connectivity index (χ3v) is 4.39. The van der Waals surface area contributed by atoms with E-state index < -0.39 is 0 Å². The first kappa shape index (κ1) is 17.8. The second-order valence-corrected chi connectivity index (χ2v) is 6.11. The molecule has 1 fully saturated rings. The summed E-state index contributed by atoms with van der Waals surface area (Å²) in [5.41, 5.74) is 1.32. The summed E-state index contributed by atoms with van der Waals surface area (Å²) in [4.78, 5) is 14.1. The van der Waals surface area contributed by atoms with Crippen LogP contribution in [0.4, 0.5) is 0 Å². The van der Waals surface area contributed by atoms with Gasteiger partial charge in [0.05, 0.1) is 13.7 Å². The van der Waals surface area contributed by atoms with E-state index in [9.17, 15) is 4.79 Å². The predicted octanol–water partition coefficient (Wildman–Crippen LogP) is 2.06. The van der Waals surface area contributed by atoms with Crippen LogP contribution in [0, 0.1) is 5.92 Å². The van der Waals surface area contributed by atoms with Crippen LogP contribution in [0.1, 0.15) is 24.8 Å². The van der Waals surface area contributed by atoms with Crippen molar-refractivity contribution in [2.24, 2.45) is 5.92 Å². The highest BCUT2D eigenvalue weighted by Gasteiger charge is 2.19. The van der Waals surface area contributed by atoms with Crippen molar-refractivity contribution in [3.8, 4) is 5.75 Å². The number of nitrogens with one attached hydrogen (secondary N) is 1. The molecular weight excluding hydrogens is 292 g/mol. The lowest BCUT2D eigenvalue weighted by Gasteiger charge is -2.32. The molecule has 1 aliphatic rings. The molecule has 0 bridgehead atoms. The van der Waals surface area contributed by atoms with Crippen LogP contribution in [0.3, 0.4) is 0 Å². The van der Waals surface area contributed by atoms with E-state index in [-0.39, 0.29) is 5.91 Å². The molecule has 0 aromatic heterocycles. The normalized spacial score (nSPS) is 16.3. The van der Waals surface area contributed by atoms with Crippen molar-refractivity contribution in [2.45, 2.75) is 25.8 Å². The molecule has 0 saturated carbocycles. The van der Waals surface area contributed by atoms with Crippen molar-refractivity contribution in [2.75, 3.05) is 40.5 Å². The summed E-state index contributed by atoms with van der Waals surface area (Å²) in [6, 6.07) is 8.27. The fraction of sp³-hybridized carbons (Fsp3) is 0.611. The van der Waals surface area contributed by atoms with Crippen LogP contribution in [0.2, 0.25) is 0 Å². The van der Waals surface area contributed by atoms with E-state index in [1.165, 1.54) is 5.56 Å². The molecule has 0 radical (unpaired) electrons. The first-order chi connectivity index (χ1) is 11.2. The molecule has 23 heavy (non-hydrogen) atoms. The Kier molecular flexibility index (Phi) is 7.36. The first-order valence-electron chi connectivity index (χ1n) is 8.32. The van der Waals surface area contributed by atoms with Gasteiger partial charge in [0.1, 0.15) is 5.75 Å². The highest BCUT2D eigenvalue weighted by atomic mass is 16.5. The van der Waals surface area contributed by atoms with E-state index in [1.807, 2.05) is 12.1 Å². The number of rotatable bonds is 8. The number of carbonyl (C=O) groups excluding carboxylic acids is 1. The van der Waals surface area contributed by atoms with Gasteiger partial charge in [-0.05, 0) is 49.5 Å². The highest BCUT2D eigenvalue weighted by Crippen LogP contribution is 2.19. The van der Waals surface area contributed by atoms with Crippen LogP contribution in [0.15, 0.2) is 24.3 Å². The maximum Gasteiger partial charge on any atom is 0.222 e. The summed E-state index contributed by atoms with van der Waals surface area (Å²) < 4.78 is 10.1. The smallest absolute Gasteiger partial charge is 0.222 e. The number of likely N-dealkylation sites (tertiary alicyclic amines) is 1. The summed E-state index contributed by atoms with van der Waals surface area (Å²) in [5.74, 6) is 1.58. The van der Waals surface area contributed by atoms with Gasteiger partial charge in [0.15, 0.2) is 0 Å². The second kappa shape index (κ2) is 9.53. The van der Waals surface area contributed by atoms with Crippen LogP contribution in [0.25, 0.3) is 0 Å². The van der Waals surface area contributed by atoms with Crippen molar-refractivity contribution in [1.82, 2.24) is 10.2 Å². The van der Waals surface area contributed by atoms with Gasteiger partial charge >= 0.3 is 0 Å². The Morgan fingerprint density at radius 2 is 1.91 bits per heavy atom. The number of piperidine rings is 1. The molecule has 1 heterocycles. The Hall–Kier alpha value is -1.59. The maximum absolute atomic E-state index is 11.6. The van der Waals surface area contributed by atoms with Crippen LogP contribution in [-0.4, -0.2) is 51.3 Å². The Labute approximate surface area is 139 Å². The van der Waals surface area contributed by atoms with E-state index in [0.717, 1.165) is 44.8 Å². The van der Waals surface area contributed by atoms with Gasteiger partial charge in [-0.15, -0.1) is 0 Å². The Morgan fingerprint density at radius 1 is 1.22 bits per heavy atom. The van der Waals surface area contributed by atoms with Crippen molar-refractivity contribution in [1.29, 1.82) is 0 Å². The van der Waals surface area contributed by atoms with Gasteiger partial charge in [-0.2, -0.15) is 0 Å². The first-order valence-corrected chi connectivity index (χ1v) is 8.32. The number of methoxy groups -OCH3 is 2. The van der Waals surface area contributed by atoms with Gasteiger partial charge in [0.2, 0.25) is 5.91 Å². The fourth-order valence-electron chi connectivity index (χ4n) is 2.88. The Balaban J connectivity index is 1.66. The SMILES string of the molecule is COCCC(=O)NCC1CCN(Cc2ccc(OC)cc2)CC1. The molecule has 0 spiro atoms. The number of carbonyl (C=O) groups is 1. The lowest BCUT2D eigenvalue weighted by molar-refractivity contribution is -0.122. The highest BCUT2D eigenvalue weighted by molar-refractivity contribution is 5.75. The van der Waals surface area contributed by atoms with Crippen molar-refractivity contribution >= 4 is 5.91 Å². The van der Waals surface area contributed by atoms with Crippen LogP contribution in [-0.2, 0) is 16.1 Å². The van der Waals surface area contributed by atoms with Crippen molar-refractivity contribution in [3.63, 3.8) is 0 Å². The van der Waals surface area contributed by atoms with Gasteiger partial charge in [-0.25, -0.2) is 0 Å². The third kappa shape index (κ3) is 6.20. The number of benzene rings is 1. The van der Waals surface area contributed by atoms with Crippen molar-refractivity contribution in [3.05, 3.63) is 29.8 Å². The number of nitrogens with zero attached hydrogens (tertiary/aromatic N) is 1. The average Bonchev–Trinajstić information content (AvgIpc) is 2.60. The molecule has 0 unspecified atom stereocenters. The number of ether oxygens (including phenoxy) is 2. The zero-order chi connectivity index (χ0) is 16.5. The summed E-state index contributed by atoms with van der Waals surface area (Å²) in [6.07, 6.45) is 2.73. The zero-order valence-corrected chi connectivity index (χ0v) is 14.2. The van der Waals surface area contributed by atoms with E-state index in [1.54, 1.807) is 14.2 Å². The molecule has 1 amide bonds. The lowest BCUT2D eigenvalue weighted by Crippen LogP contribution is -2.38. The minimum absolute atomic E-state index is 0.0903. The number of amides is 1. The van der Waals surface area contributed by atoms with E-state index in [2.05, 4.69) is 22.3 Å². The maximum atomic E-state index is 11.6. The minimum atomic E-state index is 0.0903. The molecule has 1 saturated heterocycles. The lowest BCUT2D eigenvalue weighted by atomic mass is 9.96. The van der Waals surface area contributed by atoms with Gasteiger partial charge in [-0.3, -0.25) is 9.69 Å². The largest absolute Gasteiger partial charge is 0.497 e. The van der Waals surface area contributed by atoms with E-state index >= 15 is 0 Å². The topological polar surface area (TPSA) is 50.8 Å². The van der Waals surface area contributed by atoms with E-state index in [0.29, 0.717) is 18.9 Å². The monoisotopic (exact) mass is 320 g/mol. The summed E-state index contributed by atoms with van der Waals surface area (Å²) in [7, 11) is 3.31. The molecule has 0 aliphatic carbocycles. The zero-order valence-electron chi connectivity index (χ0n) is 14.2. The molecule has 1 N–H and O–H groups in total. The number of hydrogen-bond acceptors (Lipinski definition) is 4. The summed E-state index contributed by atoms with van der Waals surface area (Å²) in [6.45, 7) is 4.44. The van der Waals surface area contributed by atoms with Gasteiger partial charge in [0.25, 0.3) is 0 Å². The Morgan fingerprint density at radius 3 is 2.52 bits per heavy atom. The van der Waals surface area contributed by atoms with E-state index in [4.69, 9.17) is 9.47 Å². The number of hydrogen-bond donors (Lipinski definition) is 1. The molecule has 1 aliphatic heterocycles. The Bertz CT molecular complexity index is 468. The molecule has 2 rings (SSSR count). The van der Waals surface area contributed by atoms with Crippen molar-refractivity contribution < 1.29 is 14.3 Å². The molecule has 128 valence electrons. The van der Waals surface area contributed by atoms with Gasteiger partial charge < -0.3 is 14.8 Å². The third-order valence-electron chi connectivity index (χ3n) is 4.39. The molecule has 5 heteroatoms. The quantitative estimate of drug-likeness (QED) is 0.796. The molecule has 1 aromatic rings. The summed E-state index contributed by atoms with van der Waals surface area (Å²) in [5, 5.41) is 3.01. The van der Waals surface area contributed by atoms with Crippen LogP contribution >= 0.6 is 0 Å². The second-order valence-electron chi connectivity index (χ2n) is 6.11. The standard InChI is InChI=1S/C18H28N2O3/c1-22-12-9-18(21)19-13-15-7-10-20(11-8-15)14-16-3-5-17(23-2)6-4-16/h3-6,15H,7-14H2,1-2H3,(H,19,21). The molecule has 1 aromatic carbocycles. The minimum Gasteiger partial charge on any atom is -0.497 e. The van der Waals surface area contributed by atoms with Gasteiger partial charge in [0, 0.05) is 26.6 Å². The van der Waals surface area contributed by atoms with Crippen LogP contribution < -0.4 is 10.1 Å². The fourth-order valence-corrected chi connectivity index (χ4v) is 2.88. The molecular formula is C18H28N2O3. The molecule has 5 nitrogen and oxygen atoms in total. The average molecular weight is 320 g/mol. The van der Waals surface area contributed by atoms with Gasteiger partial charge in [-0.1, -0.05) is 12.1 Å². The summed E-state index contributed by atoms with van der Waals surface area (Å²) >= 11 is 0. The van der Waals surface area contributed by atoms with Crippen LogP contribution in [0.5, 0.6) is 5.75 Å². The predicted molar refractivity (Wildman–Crippen MR) is 90.5 cm³/mol. The molecule has 0 atom stereocenters.